The van der Waals surface area contributed by atoms with Crippen molar-refractivity contribution in [3.8, 4) is 0 Å². The van der Waals surface area contributed by atoms with Gasteiger partial charge in [-0.3, -0.25) is 9.59 Å². The Morgan fingerprint density at radius 3 is 2.23 bits per heavy atom. The smallest absolute Gasteiger partial charge is 0.340 e. The van der Waals surface area contributed by atoms with Gasteiger partial charge in [-0.25, -0.2) is 9.59 Å². The third-order valence-electron chi connectivity index (χ3n) is 4.29. The van der Waals surface area contributed by atoms with E-state index < -0.39 is 30.5 Å². The molecule has 1 atom stereocenters. The van der Waals surface area contributed by atoms with Crippen LogP contribution in [-0.4, -0.2) is 43.5 Å². The normalized spacial score (nSPS) is 11.4. The second-order valence-corrected chi connectivity index (χ2v) is 7.21. The van der Waals surface area contributed by atoms with E-state index in [4.69, 9.17) is 9.47 Å². The highest BCUT2D eigenvalue weighted by molar-refractivity contribution is 6.08. The Morgan fingerprint density at radius 2 is 1.58 bits per heavy atom. The minimum Gasteiger partial charge on any atom is -0.467 e. The van der Waals surface area contributed by atoms with Gasteiger partial charge in [0.2, 0.25) is 0 Å². The molecule has 0 bridgehead atoms. The molecule has 2 N–H and O–H groups in total. The molecular formula is C23H26N2O6. The molecule has 8 nitrogen and oxygen atoms in total. The molecule has 0 saturated carbocycles. The molecule has 2 aromatic rings. The Labute approximate surface area is 180 Å². The van der Waals surface area contributed by atoms with Crippen LogP contribution in [0, 0.1) is 5.92 Å². The first-order valence-electron chi connectivity index (χ1n) is 9.81. The monoisotopic (exact) mass is 426 g/mol. The molecule has 0 aliphatic rings. The highest BCUT2D eigenvalue weighted by Crippen LogP contribution is 2.17. The van der Waals surface area contributed by atoms with Gasteiger partial charge in [-0.2, -0.15) is 0 Å². The van der Waals surface area contributed by atoms with Crippen LogP contribution in [0.25, 0.3) is 0 Å². The van der Waals surface area contributed by atoms with Crippen LogP contribution < -0.4 is 10.6 Å². The quantitative estimate of drug-likeness (QED) is 0.597. The summed E-state index contributed by atoms with van der Waals surface area (Å²) in [5, 5.41) is 5.18. The Hall–Kier alpha value is -3.68. The van der Waals surface area contributed by atoms with E-state index in [-0.39, 0.29) is 23.1 Å². The molecule has 2 amide bonds. The van der Waals surface area contributed by atoms with Crippen LogP contribution >= 0.6 is 0 Å². The van der Waals surface area contributed by atoms with Crippen molar-refractivity contribution in [2.24, 2.45) is 5.92 Å². The van der Waals surface area contributed by atoms with Crippen LogP contribution in [0.5, 0.6) is 0 Å². The number of anilines is 1. The number of hydrogen-bond donors (Lipinski definition) is 2. The standard InChI is InChI=1S/C23H26N2O6/c1-15(2)13-19(23(29)30-3)24-20(26)14-31-22(28)17-11-7-8-12-18(17)25-21(27)16-9-5-4-6-10-16/h4-12,15,19H,13-14H2,1-3H3,(H,24,26)(H,25,27)/t19-/m0/s1. The molecule has 164 valence electrons. The molecule has 0 saturated heterocycles. The molecule has 0 spiro atoms. The topological polar surface area (TPSA) is 111 Å². The molecule has 0 unspecified atom stereocenters. The lowest BCUT2D eigenvalue weighted by molar-refractivity contribution is -0.145. The zero-order valence-electron chi connectivity index (χ0n) is 17.7. The van der Waals surface area contributed by atoms with Gasteiger partial charge >= 0.3 is 11.9 Å². The SMILES string of the molecule is COC(=O)[C@H](CC(C)C)NC(=O)COC(=O)c1ccccc1NC(=O)c1ccccc1. The predicted octanol–water partition coefficient (Wildman–Crippen LogP) is 2.80. The first-order chi connectivity index (χ1) is 14.8. The van der Waals surface area contributed by atoms with Crippen LogP contribution in [-0.2, 0) is 19.1 Å². The summed E-state index contributed by atoms with van der Waals surface area (Å²) < 4.78 is 9.78. The second-order valence-electron chi connectivity index (χ2n) is 7.21. The van der Waals surface area contributed by atoms with E-state index in [2.05, 4.69) is 10.6 Å². The van der Waals surface area contributed by atoms with E-state index in [0.29, 0.717) is 12.0 Å². The lowest BCUT2D eigenvalue weighted by Crippen LogP contribution is -2.44. The van der Waals surface area contributed by atoms with E-state index in [9.17, 15) is 19.2 Å². The first kappa shape index (κ1) is 23.6. The highest BCUT2D eigenvalue weighted by Gasteiger charge is 2.23. The number of amides is 2. The molecule has 0 aliphatic heterocycles. The van der Waals surface area contributed by atoms with Gasteiger partial charge in [0.25, 0.3) is 11.8 Å². The fourth-order valence-corrected chi connectivity index (χ4v) is 2.83. The molecule has 2 aromatic carbocycles. The number of ether oxygens (including phenoxy) is 2. The summed E-state index contributed by atoms with van der Waals surface area (Å²) in [6, 6.07) is 14.0. The summed E-state index contributed by atoms with van der Waals surface area (Å²) >= 11 is 0. The summed E-state index contributed by atoms with van der Waals surface area (Å²) in [5.41, 5.74) is 0.796. The maximum Gasteiger partial charge on any atom is 0.340 e. The molecule has 2 rings (SSSR count). The summed E-state index contributed by atoms with van der Waals surface area (Å²) in [6.45, 7) is 3.23. The Balaban J connectivity index is 2.00. The molecule has 0 aromatic heterocycles. The zero-order valence-corrected chi connectivity index (χ0v) is 17.7. The third kappa shape index (κ3) is 7.26. The number of para-hydroxylation sites is 1. The number of hydrogen-bond acceptors (Lipinski definition) is 6. The van der Waals surface area contributed by atoms with Crippen LogP contribution in [0.1, 0.15) is 41.0 Å². The summed E-state index contributed by atoms with van der Waals surface area (Å²) in [4.78, 5) is 48.9. The summed E-state index contributed by atoms with van der Waals surface area (Å²) in [7, 11) is 1.24. The largest absolute Gasteiger partial charge is 0.467 e. The van der Waals surface area contributed by atoms with Gasteiger partial charge in [-0.1, -0.05) is 44.2 Å². The lowest BCUT2D eigenvalue weighted by atomic mass is 10.0. The van der Waals surface area contributed by atoms with E-state index >= 15 is 0 Å². The predicted molar refractivity (Wildman–Crippen MR) is 115 cm³/mol. The minimum atomic E-state index is -0.825. The molecule has 0 fully saturated rings. The molecule has 0 aliphatic carbocycles. The number of benzene rings is 2. The van der Waals surface area contributed by atoms with Crippen molar-refractivity contribution >= 4 is 29.4 Å². The van der Waals surface area contributed by atoms with Gasteiger partial charge in [0.05, 0.1) is 18.4 Å². The Morgan fingerprint density at radius 1 is 0.935 bits per heavy atom. The molecular weight excluding hydrogens is 400 g/mol. The first-order valence-corrected chi connectivity index (χ1v) is 9.81. The van der Waals surface area contributed by atoms with Gasteiger partial charge in [0.1, 0.15) is 6.04 Å². The van der Waals surface area contributed by atoms with Gasteiger partial charge in [0, 0.05) is 5.56 Å². The number of rotatable bonds is 9. The van der Waals surface area contributed by atoms with E-state index in [1.54, 1.807) is 48.5 Å². The molecule has 0 heterocycles. The van der Waals surface area contributed by atoms with Crippen LogP contribution in [0.15, 0.2) is 54.6 Å². The summed E-state index contributed by atoms with van der Waals surface area (Å²) in [6.07, 6.45) is 0.390. The second kappa shape index (κ2) is 11.5. The van der Waals surface area contributed by atoms with Crippen molar-refractivity contribution in [3.05, 3.63) is 65.7 Å². The third-order valence-corrected chi connectivity index (χ3v) is 4.29. The Bertz CT molecular complexity index is 927. The molecule has 8 heteroatoms. The van der Waals surface area contributed by atoms with Crippen molar-refractivity contribution in [2.45, 2.75) is 26.3 Å². The van der Waals surface area contributed by atoms with Gasteiger partial charge in [-0.15, -0.1) is 0 Å². The maximum atomic E-state index is 12.5. The van der Waals surface area contributed by atoms with Crippen molar-refractivity contribution in [1.29, 1.82) is 0 Å². The van der Waals surface area contributed by atoms with Gasteiger partial charge < -0.3 is 20.1 Å². The van der Waals surface area contributed by atoms with E-state index in [1.165, 1.54) is 13.2 Å². The fraction of sp³-hybridized carbons (Fsp3) is 0.304. The number of carbonyl (C=O) groups excluding carboxylic acids is 4. The molecule has 0 radical (unpaired) electrons. The lowest BCUT2D eigenvalue weighted by Gasteiger charge is -2.18. The Kier molecular flexibility index (Phi) is 8.75. The average molecular weight is 426 g/mol. The number of methoxy groups -OCH3 is 1. The number of nitrogens with one attached hydrogen (secondary N) is 2. The number of carbonyl (C=O) groups is 4. The molecule has 31 heavy (non-hydrogen) atoms. The van der Waals surface area contributed by atoms with Crippen molar-refractivity contribution in [1.82, 2.24) is 5.32 Å². The van der Waals surface area contributed by atoms with Crippen molar-refractivity contribution in [2.75, 3.05) is 19.0 Å². The van der Waals surface area contributed by atoms with E-state index in [0.717, 1.165) is 0 Å². The highest BCUT2D eigenvalue weighted by atomic mass is 16.5. The van der Waals surface area contributed by atoms with Crippen molar-refractivity contribution < 1.29 is 28.7 Å². The van der Waals surface area contributed by atoms with E-state index in [1.807, 2.05) is 13.8 Å². The van der Waals surface area contributed by atoms with Gasteiger partial charge in [-0.05, 0) is 36.6 Å². The average Bonchev–Trinajstić information content (AvgIpc) is 2.77. The summed E-state index contributed by atoms with van der Waals surface area (Å²) in [5.74, 6) is -2.21. The minimum absolute atomic E-state index is 0.103. The van der Waals surface area contributed by atoms with Crippen LogP contribution in [0.3, 0.4) is 0 Å². The zero-order chi connectivity index (χ0) is 22.8. The van der Waals surface area contributed by atoms with Crippen LogP contribution in [0.2, 0.25) is 0 Å². The van der Waals surface area contributed by atoms with Gasteiger partial charge in [0.15, 0.2) is 6.61 Å². The maximum absolute atomic E-state index is 12.5. The number of esters is 2. The van der Waals surface area contributed by atoms with Crippen molar-refractivity contribution in [3.63, 3.8) is 0 Å². The fourth-order valence-electron chi connectivity index (χ4n) is 2.83. The van der Waals surface area contributed by atoms with Crippen LogP contribution in [0.4, 0.5) is 5.69 Å².